The van der Waals surface area contributed by atoms with Gasteiger partial charge in [0.05, 0.1) is 18.8 Å². The van der Waals surface area contributed by atoms with Crippen LogP contribution in [0.1, 0.15) is 50.0 Å². The first-order valence-electron chi connectivity index (χ1n) is 9.66. The monoisotopic (exact) mass is 398 g/mol. The van der Waals surface area contributed by atoms with Gasteiger partial charge < -0.3 is 19.9 Å². The fraction of sp³-hybridized carbons (Fsp3) is 0.364. The Morgan fingerprint density at radius 3 is 2.59 bits per heavy atom. The van der Waals surface area contributed by atoms with Gasteiger partial charge in [0.2, 0.25) is 0 Å². The van der Waals surface area contributed by atoms with Crippen LogP contribution in [0.4, 0.5) is 15.3 Å². The summed E-state index contributed by atoms with van der Waals surface area (Å²) in [5, 5.41) is 12.6. The van der Waals surface area contributed by atoms with Crippen molar-refractivity contribution < 1.29 is 24.2 Å². The Bertz CT molecular complexity index is 871. The lowest BCUT2D eigenvalue weighted by molar-refractivity contribution is 0.102. The number of hydrogen-bond donors (Lipinski definition) is 2. The smallest absolute Gasteiger partial charge is 0.412 e. The van der Waals surface area contributed by atoms with Gasteiger partial charge in [-0.25, -0.2) is 9.59 Å². The van der Waals surface area contributed by atoms with Gasteiger partial charge in [0, 0.05) is 11.6 Å². The zero-order valence-electron chi connectivity index (χ0n) is 16.8. The molecular weight excluding hydrogens is 372 g/mol. The van der Waals surface area contributed by atoms with E-state index >= 15 is 0 Å². The normalized spacial score (nSPS) is 19.1. The number of nitrogens with zero attached hydrogens (tertiary/aromatic N) is 1. The molecule has 29 heavy (non-hydrogen) atoms. The number of carboxylic acid groups (broad SMARTS) is 1. The van der Waals surface area contributed by atoms with Crippen LogP contribution >= 0.6 is 0 Å². The Labute approximate surface area is 170 Å². The number of anilines is 1. The third kappa shape index (κ3) is 4.45. The highest BCUT2D eigenvalue weighted by Crippen LogP contribution is 2.40. The molecule has 154 valence electrons. The highest BCUT2D eigenvalue weighted by Gasteiger charge is 2.36. The highest BCUT2D eigenvalue weighted by molar-refractivity contribution is 5.89. The number of carbonyl (C=O) groups excluding carboxylic acids is 1. The predicted molar refractivity (Wildman–Crippen MR) is 109 cm³/mol. The van der Waals surface area contributed by atoms with Crippen molar-refractivity contribution in [1.82, 2.24) is 5.32 Å². The highest BCUT2D eigenvalue weighted by atomic mass is 16.6. The number of amides is 2. The van der Waals surface area contributed by atoms with Crippen LogP contribution in [0, 0.1) is 0 Å². The second-order valence-electron chi connectivity index (χ2n) is 7.03. The van der Waals surface area contributed by atoms with E-state index in [1.54, 1.807) is 25.3 Å². The van der Waals surface area contributed by atoms with Gasteiger partial charge in [0.25, 0.3) is 0 Å². The van der Waals surface area contributed by atoms with Gasteiger partial charge in [0.15, 0.2) is 0 Å². The first-order chi connectivity index (χ1) is 13.9. The minimum absolute atomic E-state index is 0.245. The van der Waals surface area contributed by atoms with Crippen LogP contribution in [0.2, 0.25) is 0 Å². The van der Waals surface area contributed by atoms with E-state index in [0.717, 1.165) is 5.56 Å². The van der Waals surface area contributed by atoms with Crippen molar-refractivity contribution in [2.75, 3.05) is 12.0 Å². The molecule has 7 nitrogen and oxygen atoms in total. The molecule has 0 unspecified atom stereocenters. The van der Waals surface area contributed by atoms with E-state index in [0.29, 0.717) is 29.8 Å². The van der Waals surface area contributed by atoms with Crippen LogP contribution in [0.15, 0.2) is 48.5 Å². The van der Waals surface area contributed by atoms with Gasteiger partial charge in [-0.05, 0) is 43.5 Å². The van der Waals surface area contributed by atoms with E-state index in [1.165, 1.54) is 4.90 Å². The van der Waals surface area contributed by atoms with Crippen molar-refractivity contribution in [2.45, 2.75) is 44.9 Å². The van der Waals surface area contributed by atoms with E-state index in [2.05, 4.69) is 5.32 Å². The first kappa shape index (κ1) is 20.5. The van der Waals surface area contributed by atoms with Crippen molar-refractivity contribution in [3.63, 3.8) is 0 Å². The largest absolute Gasteiger partial charge is 0.497 e. The lowest BCUT2D eigenvalue weighted by atomic mass is 9.90. The molecule has 1 heterocycles. The molecule has 0 spiro atoms. The molecule has 0 aliphatic carbocycles. The third-order valence-corrected chi connectivity index (χ3v) is 5.26. The summed E-state index contributed by atoms with van der Waals surface area (Å²) in [6, 6.07) is 14.1. The minimum Gasteiger partial charge on any atom is -0.497 e. The summed E-state index contributed by atoms with van der Waals surface area (Å²) in [5.74, 6) is 0.599. The number of methoxy groups -OCH3 is 1. The molecule has 1 aliphatic heterocycles. The van der Waals surface area contributed by atoms with Crippen molar-refractivity contribution in [1.29, 1.82) is 0 Å². The lowest BCUT2D eigenvalue weighted by Crippen LogP contribution is -2.47. The topological polar surface area (TPSA) is 88.1 Å². The number of benzene rings is 2. The van der Waals surface area contributed by atoms with Crippen LogP contribution in [-0.2, 0) is 4.74 Å². The summed E-state index contributed by atoms with van der Waals surface area (Å²) in [4.78, 5) is 25.8. The van der Waals surface area contributed by atoms with Gasteiger partial charge in [-0.3, -0.25) is 4.90 Å². The van der Waals surface area contributed by atoms with Crippen molar-refractivity contribution in [2.24, 2.45) is 0 Å². The summed E-state index contributed by atoms with van der Waals surface area (Å²) in [6.45, 7) is 3.75. The van der Waals surface area contributed by atoms with Crippen molar-refractivity contribution in [3.8, 4) is 5.75 Å². The van der Waals surface area contributed by atoms with Crippen LogP contribution in [-0.4, -0.2) is 30.4 Å². The summed E-state index contributed by atoms with van der Waals surface area (Å²) in [6.07, 6.45) is -0.869. The average molecular weight is 398 g/mol. The summed E-state index contributed by atoms with van der Waals surface area (Å²) in [5.41, 5.74) is 2.15. The van der Waals surface area contributed by atoms with Gasteiger partial charge in [-0.2, -0.15) is 0 Å². The maximum absolute atomic E-state index is 12.6. The van der Waals surface area contributed by atoms with Crippen LogP contribution < -0.4 is 15.0 Å². The van der Waals surface area contributed by atoms with E-state index in [4.69, 9.17) is 9.47 Å². The number of alkyl carbamates (subject to hydrolysis) is 1. The zero-order valence-corrected chi connectivity index (χ0v) is 16.8. The maximum atomic E-state index is 12.6. The molecule has 0 aromatic heterocycles. The van der Waals surface area contributed by atoms with Gasteiger partial charge in [0.1, 0.15) is 11.9 Å². The number of hydrogen-bond acceptors (Lipinski definition) is 4. The molecule has 3 rings (SSSR count). The van der Waals surface area contributed by atoms with Gasteiger partial charge in [-0.1, -0.05) is 37.3 Å². The Morgan fingerprint density at radius 1 is 1.24 bits per heavy atom. The van der Waals surface area contributed by atoms with E-state index < -0.39 is 18.3 Å². The SMILES string of the molecule is CC[C@@H]1C[C@H](NC(=O)O[C@@H](C)c2ccccc2)c2cc(OC)ccc2N1C(=O)O. The summed E-state index contributed by atoms with van der Waals surface area (Å²) in [7, 11) is 1.55. The summed E-state index contributed by atoms with van der Waals surface area (Å²) < 4.78 is 10.8. The fourth-order valence-electron chi connectivity index (χ4n) is 3.73. The van der Waals surface area contributed by atoms with Crippen LogP contribution in [0.3, 0.4) is 0 Å². The molecule has 2 N–H and O–H groups in total. The molecular formula is C22H26N2O5. The number of ether oxygens (including phenoxy) is 2. The zero-order chi connectivity index (χ0) is 21.0. The molecule has 7 heteroatoms. The van der Waals surface area contributed by atoms with Crippen LogP contribution in [0.5, 0.6) is 5.75 Å². The van der Waals surface area contributed by atoms with Crippen molar-refractivity contribution in [3.05, 3.63) is 59.7 Å². The number of rotatable bonds is 5. The predicted octanol–water partition coefficient (Wildman–Crippen LogP) is 4.89. The average Bonchev–Trinajstić information content (AvgIpc) is 2.73. The molecule has 0 saturated heterocycles. The van der Waals surface area contributed by atoms with Gasteiger partial charge in [-0.15, -0.1) is 0 Å². The minimum atomic E-state index is -1.01. The molecule has 2 amide bonds. The van der Waals surface area contributed by atoms with E-state index in [-0.39, 0.29) is 12.1 Å². The number of nitrogens with one attached hydrogen (secondary N) is 1. The van der Waals surface area contributed by atoms with Crippen molar-refractivity contribution >= 4 is 17.9 Å². The second-order valence-corrected chi connectivity index (χ2v) is 7.03. The maximum Gasteiger partial charge on any atom is 0.412 e. The Balaban J connectivity index is 1.83. The third-order valence-electron chi connectivity index (χ3n) is 5.26. The van der Waals surface area contributed by atoms with Crippen LogP contribution in [0.25, 0.3) is 0 Å². The molecule has 3 atom stereocenters. The quantitative estimate of drug-likeness (QED) is 0.749. The lowest BCUT2D eigenvalue weighted by Gasteiger charge is -2.39. The molecule has 1 aliphatic rings. The molecule has 0 radical (unpaired) electrons. The molecule has 0 bridgehead atoms. The molecule has 0 fully saturated rings. The molecule has 2 aromatic rings. The summed E-state index contributed by atoms with van der Waals surface area (Å²) >= 11 is 0. The van der Waals surface area contributed by atoms with E-state index in [9.17, 15) is 14.7 Å². The fourth-order valence-corrected chi connectivity index (χ4v) is 3.73. The Hall–Kier alpha value is -3.22. The van der Waals surface area contributed by atoms with E-state index in [1.807, 2.05) is 44.2 Å². The second kappa shape index (κ2) is 8.86. The Kier molecular flexibility index (Phi) is 6.26. The van der Waals surface area contributed by atoms with Gasteiger partial charge >= 0.3 is 12.2 Å². The molecule has 2 aromatic carbocycles. The Morgan fingerprint density at radius 2 is 1.97 bits per heavy atom. The first-order valence-corrected chi connectivity index (χ1v) is 9.66. The number of fused-ring (bicyclic) bond motifs is 1. The number of carbonyl (C=O) groups is 2. The molecule has 0 saturated carbocycles. The standard InChI is InChI=1S/C22H26N2O5/c1-4-16-12-19(23-21(25)29-14(2)15-8-6-5-7-9-15)18-13-17(28-3)10-11-20(18)24(16)22(26)27/h5-11,13-14,16,19H,4,12H2,1-3H3,(H,23,25)(H,26,27)/t14-,16+,19-/m0/s1.